The van der Waals surface area contributed by atoms with E-state index in [0.29, 0.717) is 6.54 Å². The first kappa shape index (κ1) is 19.1. The lowest BCUT2D eigenvalue weighted by Gasteiger charge is -2.19. The van der Waals surface area contributed by atoms with Crippen molar-refractivity contribution in [3.8, 4) is 0 Å². The van der Waals surface area contributed by atoms with E-state index in [1.807, 2.05) is 18.2 Å². The molecule has 0 unspecified atom stereocenters. The van der Waals surface area contributed by atoms with E-state index in [0.717, 1.165) is 11.1 Å². The van der Waals surface area contributed by atoms with Crippen LogP contribution >= 0.6 is 0 Å². The van der Waals surface area contributed by atoms with Gasteiger partial charge < -0.3 is 5.32 Å². The third kappa shape index (κ3) is 5.67. The molecule has 0 bridgehead atoms. The Morgan fingerprint density at radius 3 is 2.36 bits per heavy atom. The number of pyridine rings is 1. The number of amides is 1. The van der Waals surface area contributed by atoms with Crippen molar-refractivity contribution in [1.82, 2.24) is 10.3 Å². The molecule has 1 heterocycles. The number of benzene rings is 1. The van der Waals surface area contributed by atoms with E-state index in [9.17, 15) is 13.2 Å². The molecule has 0 saturated carbocycles. The fraction of sp³-hybridized carbons (Fsp3) is 0.368. The highest BCUT2D eigenvalue weighted by Crippen LogP contribution is 2.23. The van der Waals surface area contributed by atoms with Gasteiger partial charge in [0.05, 0.1) is 10.6 Å². The number of rotatable bonds is 6. The molecule has 5 nitrogen and oxygen atoms in total. The highest BCUT2D eigenvalue weighted by atomic mass is 32.2. The number of nitrogens with zero attached hydrogens (tertiary/aromatic N) is 1. The van der Waals surface area contributed by atoms with Crippen molar-refractivity contribution in [2.45, 2.75) is 44.0 Å². The summed E-state index contributed by atoms with van der Waals surface area (Å²) in [6.45, 7) is 6.56. The molecular weight excluding hydrogens is 336 g/mol. The molecule has 1 aromatic heterocycles. The fourth-order valence-electron chi connectivity index (χ4n) is 2.30. The van der Waals surface area contributed by atoms with Gasteiger partial charge >= 0.3 is 0 Å². The number of hydrogen-bond acceptors (Lipinski definition) is 4. The van der Waals surface area contributed by atoms with Crippen molar-refractivity contribution in [2.24, 2.45) is 0 Å². The fourth-order valence-corrected chi connectivity index (χ4v) is 3.54. The maximum Gasteiger partial charge on any atom is 0.221 e. The van der Waals surface area contributed by atoms with Crippen LogP contribution in [0.4, 0.5) is 0 Å². The Morgan fingerprint density at radius 1 is 1.12 bits per heavy atom. The van der Waals surface area contributed by atoms with E-state index in [4.69, 9.17) is 0 Å². The van der Waals surface area contributed by atoms with E-state index in [1.165, 1.54) is 0 Å². The summed E-state index contributed by atoms with van der Waals surface area (Å²) in [5, 5.41) is 2.71. The number of sulfone groups is 1. The largest absolute Gasteiger partial charge is 0.352 e. The molecule has 0 fully saturated rings. The van der Waals surface area contributed by atoms with E-state index in [1.54, 1.807) is 30.6 Å². The van der Waals surface area contributed by atoms with Crippen molar-refractivity contribution in [3.05, 3.63) is 59.9 Å². The minimum atomic E-state index is -3.47. The quantitative estimate of drug-likeness (QED) is 0.859. The molecule has 2 rings (SSSR count). The molecular formula is C19H24N2O3S. The monoisotopic (exact) mass is 360 g/mol. The third-order valence-corrected chi connectivity index (χ3v) is 5.62. The van der Waals surface area contributed by atoms with Gasteiger partial charge in [0, 0.05) is 25.4 Å². The van der Waals surface area contributed by atoms with Gasteiger partial charge in [-0.25, -0.2) is 8.42 Å². The summed E-state index contributed by atoms with van der Waals surface area (Å²) in [6.07, 6.45) is 3.25. The number of carbonyl (C=O) groups is 1. The van der Waals surface area contributed by atoms with Crippen LogP contribution in [-0.2, 0) is 26.6 Å². The van der Waals surface area contributed by atoms with Crippen LogP contribution in [0.1, 0.15) is 38.3 Å². The van der Waals surface area contributed by atoms with Crippen molar-refractivity contribution in [3.63, 3.8) is 0 Å². The highest BCUT2D eigenvalue weighted by Gasteiger charge is 2.18. The minimum absolute atomic E-state index is 0.0333. The van der Waals surface area contributed by atoms with Crippen molar-refractivity contribution in [2.75, 3.05) is 5.75 Å². The molecule has 6 heteroatoms. The lowest BCUT2D eigenvalue weighted by Crippen LogP contribution is -2.25. The van der Waals surface area contributed by atoms with Crippen molar-refractivity contribution >= 4 is 15.7 Å². The van der Waals surface area contributed by atoms with Crippen LogP contribution < -0.4 is 5.32 Å². The molecule has 1 N–H and O–H groups in total. The SMILES string of the molecule is CC(C)(C)c1ccc(S(=O)(=O)CCC(=O)NCc2cccnc2)cc1. The molecule has 1 amide bonds. The lowest BCUT2D eigenvalue weighted by atomic mass is 9.87. The summed E-state index contributed by atoms with van der Waals surface area (Å²) in [5.41, 5.74) is 1.91. The Bertz CT molecular complexity index is 808. The minimum Gasteiger partial charge on any atom is -0.352 e. The third-order valence-electron chi connectivity index (χ3n) is 3.89. The van der Waals surface area contributed by atoms with Crippen molar-refractivity contribution in [1.29, 1.82) is 0 Å². The summed E-state index contributed by atoms with van der Waals surface area (Å²) in [6, 6.07) is 10.5. The second kappa shape index (κ2) is 7.78. The van der Waals surface area contributed by atoms with Crippen LogP contribution in [0.15, 0.2) is 53.7 Å². The van der Waals surface area contributed by atoms with Crippen LogP contribution in [0, 0.1) is 0 Å². The number of nitrogens with one attached hydrogen (secondary N) is 1. The van der Waals surface area contributed by atoms with Gasteiger partial charge in [-0.1, -0.05) is 39.0 Å². The van der Waals surface area contributed by atoms with Gasteiger partial charge in [-0.05, 0) is 34.7 Å². The standard InChI is InChI=1S/C19H24N2O3S/c1-19(2,3)16-6-8-17(9-7-16)25(23,24)12-10-18(22)21-14-15-5-4-11-20-13-15/h4-9,11,13H,10,12,14H2,1-3H3,(H,21,22). The number of aromatic nitrogens is 1. The molecule has 0 saturated heterocycles. The predicted molar refractivity (Wildman–Crippen MR) is 97.9 cm³/mol. The first-order chi connectivity index (χ1) is 11.7. The smallest absolute Gasteiger partial charge is 0.221 e. The molecule has 0 radical (unpaired) electrons. The predicted octanol–water partition coefficient (Wildman–Crippen LogP) is 2.86. The van der Waals surface area contributed by atoms with Crippen LogP contribution in [0.25, 0.3) is 0 Å². The molecule has 134 valence electrons. The van der Waals surface area contributed by atoms with Gasteiger partial charge in [0.2, 0.25) is 5.91 Å². The van der Waals surface area contributed by atoms with E-state index >= 15 is 0 Å². The Kier molecular flexibility index (Phi) is 5.95. The summed E-state index contributed by atoms with van der Waals surface area (Å²) >= 11 is 0. The van der Waals surface area contributed by atoms with Crippen LogP contribution in [0.3, 0.4) is 0 Å². The van der Waals surface area contributed by atoms with Crippen molar-refractivity contribution < 1.29 is 13.2 Å². The normalized spacial score (nSPS) is 12.0. The molecule has 0 atom stereocenters. The molecule has 0 spiro atoms. The maximum absolute atomic E-state index is 12.4. The van der Waals surface area contributed by atoms with Gasteiger partial charge in [0.1, 0.15) is 0 Å². The topological polar surface area (TPSA) is 76.1 Å². The van der Waals surface area contributed by atoms with E-state index < -0.39 is 9.84 Å². The molecule has 25 heavy (non-hydrogen) atoms. The molecule has 0 aliphatic heterocycles. The molecule has 0 aliphatic rings. The zero-order valence-corrected chi connectivity index (χ0v) is 15.6. The van der Waals surface area contributed by atoms with Crippen LogP contribution in [0.2, 0.25) is 0 Å². The van der Waals surface area contributed by atoms with Gasteiger partial charge in [-0.3, -0.25) is 9.78 Å². The van der Waals surface area contributed by atoms with Gasteiger partial charge in [0.15, 0.2) is 9.84 Å². The molecule has 2 aromatic rings. The zero-order valence-electron chi connectivity index (χ0n) is 14.8. The average Bonchev–Trinajstić information content (AvgIpc) is 2.58. The summed E-state index contributed by atoms with van der Waals surface area (Å²) < 4.78 is 24.8. The Hall–Kier alpha value is -2.21. The van der Waals surface area contributed by atoms with Crippen LogP contribution in [-0.4, -0.2) is 25.1 Å². The molecule has 1 aromatic carbocycles. The molecule has 0 aliphatic carbocycles. The Labute approximate surface area is 149 Å². The first-order valence-corrected chi connectivity index (χ1v) is 9.82. The van der Waals surface area contributed by atoms with E-state index in [2.05, 4.69) is 31.1 Å². The van der Waals surface area contributed by atoms with E-state index in [-0.39, 0.29) is 28.4 Å². The van der Waals surface area contributed by atoms with Gasteiger partial charge in [-0.15, -0.1) is 0 Å². The van der Waals surface area contributed by atoms with Gasteiger partial charge in [0.25, 0.3) is 0 Å². The summed E-state index contributed by atoms with van der Waals surface area (Å²) in [7, 11) is -3.47. The Morgan fingerprint density at radius 2 is 1.80 bits per heavy atom. The van der Waals surface area contributed by atoms with Gasteiger partial charge in [-0.2, -0.15) is 0 Å². The second-order valence-corrected chi connectivity index (χ2v) is 9.09. The average molecular weight is 360 g/mol. The number of hydrogen-bond donors (Lipinski definition) is 1. The maximum atomic E-state index is 12.4. The summed E-state index contributed by atoms with van der Waals surface area (Å²) in [5.74, 6) is -0.500. The number of carbonyl (C=O) groups excluding carboxylic acids is 1. The summed E-state index contributed by atoms with van der Waals surface area (Å²) in [4.78, 5) is 16.1. The first-order valence-electron chi connectivity index (χ1n) is 8.17. The Balaban J connectivity index is 1.91. The zero-order chi connectivity index (χ0) is 18.5. The second-order valence-electron chi connectivity index (χ2n) is 6.98. The lowest BCUT2D eigenvalue weighted by molar-refractivity contribution is -0.120. The van der Waals surface area contributed by atoms with Crippen LogP contribution in [0.5, 0.6) is 0 Å². The highest BCUT2D eigenvalue weighted by molar-refractivity contribution is 7.91.